The zero-order valence-electron chi connectivity index (χ0n) is 11.5. The van der Waals surface area contributed by atoms with Crippen molar-refractivity contribution in [1.29, 1.82) is 0 Å². The van der Waals surface area contributed by atoms with E-state index in [1.807, 2.05) is 13.8 Å². The third-order valence-electron chi connectivity index (χ3n) is 3.19. The third-order valence-corrected chi connectivity index (χ3v) is 4.96. The van der Waals surface area contributed by atoms with E-state index in [0.29, 0.717) is 19.6 Å². The Morgan fingerprint density at radius 2 is 1.83 bits per heavy atom. The lowest BCUT2D eigenvalue weighted by Gasteiger charge is -2.27. The van der Waals surface area contributed by atoms with Crippen LogP contribution in [0.25, 0.3) is 0 Å². The van der Waals surface area contributed by atoms with Gasteiger partial charge in [-0.3, -0.25) is 0 Å². The number of nitrogens with one attached hydrogen (secondary N) is 2. The number of nitrogens with zero attached hydrogens (tertiary/aromatic N) is 2. The first kappa shape index (κ1) is 15.8. The van der Waals surface area contributed by atoms with E-state index in [2.05, 4.69) is 14.9 Å². The van der Waals surface area contributed by atoms with Crippen LogP contribution >= 0.6 is 0 Å². The highest BCUT2D eigenvalue weighted by molar-refractivity contribution is 7.87. The highest BCUT2D eigenvalue weighted by Crippen LogP contribution is 1.98. The quantitative estimate of drug-likeness (QED) is 0.585. The number of hydrogen-bond acceptors (Lipinski definition) is 4. The third kappa shape index (κ3) is 5.19. The Kier molecular flexibility index (Phi) is 7.10. The van der Waals surface area contributed by atoms with Gasteiger partial charge in [0, 0.05) is 45.8 Å². The first-order chi connectivity index (χ1) is 8.60. The molecule has 0 aromatic heterocycles. The van der Waals surface area contributed by atoms with Crippen LogP contribution in [0.3, 0.4) is 0 Å². The zero-order valence-corrected chi connectivity index (χ0v) is 12.3. The van der Waals surface area contributed by atoms with Gasteiger partial charge in [0.05, 0.1) is 0 Å². The van der Waals surface area contributed by atoms with Crippen LogP contribution in [-0.4, -0.2) is 70.0 Å². The molecule has 0 spiro atoms. The highest BCUT2D eigenvalue weighted by Gasteiger charge is 2.17. The topological polar surface area (TPSA) is 64.7 Å². The van der Waals surface area contributed by atoms with E-state index >= 15 is 0 Å². The second-order valence-electron chi connectivity index (χ2n) is 4.43. The second-order valence-corrected chi connectivity index (χ2v) is 6.18. The Labute approximate surface area is 111 Å². The van der Waals surface area contributed by atoms with E-state index < -0.39 is 10.2 Å². The molecule has 108 valence electrons. The molecular weight excluding hydrogens is 252 g/mol. The van der Waals surface area contributed by atoms with Gasteiger partial charge in [-0.25, -0.2) is 4.72 Å². The highest BCUT2D eigenvalue weighted by atomic mass is 32.2. The molecule has 0 bridgehead atoms. The summed E-state index contributed by atoms with van der Waals surface area (Å²) in [6.07, 6.45) is 0.862. The molecule has 1 fully saturated rings. The van der Waals surface area contributed by atoms with E-state index in [1.165, 1.54) is 4.31 Å². The van der Waals surface area contributed by atoms with Crippen molar-refractivity contribution in [2.75, 3.05) is 52.4 Å². The maximum absolute atomic E-state index is 11.8. The van der Waals surface area contributed by atoms with E-state index in [1.54, 1.807) is 0 Å². The summed E-state index contributed by atoms with van der Waals surface area (Å²) in [6, 6.07) is 0. The van der Waals surface area contributed by atoms with E-state index in [9.17, 15) is 8.42 Å². The Morgan fingerprint density at radius 1 is 1.22 bits per heavy atom. The molecule has 1 aliphatic heterocycles. The standard InChI is InChI=1S/C11H26N4O2S/c1-3-15(4-2)18(16,17)13-6-5-9-14-10-7-12-8-11-14/h12-13H,3-11H2,1-2H3. The number of piperazine rings is 1. The monoisotopic (exact) mass is 278 g/mol. The fourth-order valence-electron chi connectivity index (χ4n) is 2.09. The molecule has 1 heterocycles. The Morgan fingerprint density at radius 3 is 2.39 bits per heavy atom. The summed E-state index contributed by atoms with van der Waals surface area (Å²) >= 11 is 0. The van der Waals surface area contributed by atoms with Gasteiger partial charge >= 0.3 is 0 Å². The van der Waals surface area contributed by atoms with Gasteiger partial charge in [-0.15, -0.1) is 0 Å². The van der Waals surface area contributed by atoms with Crippen LogP contribution in [0.5, 0.6) is 0 Å². The summed E-state index contributed by atoms with van der Waals surface area (Å²) < 4.78 is 27.8. The van der Waals surface area contributed by atoms with Crippen molar-refractivity contribution in [3.8, 4) is 0 Å². The molecule has 0 atom stereocenters. The smallest absolute Gasteiger partial charge is 0.279 e. The van der Waals surface area contributed by atoms with Gasteiger partial charge in [-0.05, 0) is 13.0 Å². The molecule has 0 amide bonds. The average molecular weight is 278 g/mol. The van der Waals surface area contributed by atoms with E-state index in [0.717, 1.165) is 39.1 Å². The first-order valence-electron chi connectivity index (χ1n) is 6.78. The Bertz CT molecular complexity index is 311. The van der Waals surface area contributed by atoms with Crippen LogP contribution in [0.1, 0.15) is 20.3 Å². The fraction of sp³-hybridized carbons (Fsp3) is 1.00. The van der Waals surface area contributed by atoms with Crippen molar-refractivity contribution < 1.29 is 8.42 Å². The predicted octanol–water partition coefficient (Wildman–Crippen LogP) is -0.542. The van der Waals surface area contributed by atoms with Crippen LogP contribution in [-0.2, 0) is 10.2 Å². The minimum atomic E-state index is -3.27. The van der Waals surface area contributed by atoms with Gasteiger partial charge < -0.3 is 10.2 Å². The SMILES string of the molecule is CCN(CC)S(=O)(=O)NCCCN1CCNCC1. The fourth-order valence-corrected chi connectivity index (χ4v) is 3.36. The predicted molar refractivity (Wildman–Crippen MR) is 73.8 cm³/mol. The molecule has 0 saturated carbocycles. The zero-order chi connectivity index (χ0) is 13.4. The van der Waals surface area contributed by atoms with E-state index in [-0.39, 0.29) is 0 Å². The summed E-state index contributed by atoms with van der Waals surface area (Å²) in [4.78, 5) is 2.36. The summed E-state index contributed by atoms with van der Waals surface area (Å²) in [5.41, 5.74) is 0. The van der Waals surface area contributed by atoms with Crippen molar-refractivity contribution in [2.45, 2.75) is 20.3 Å². The number of rotatable bonds is 8. The number of hydrogen-bond donors (Lipinski definition) is 2. The maximum atomic E-state index is 11.8. The van der Waals surface area contributed by atoms with Gasteiger partial charge in [-0.1, -0.05) is 13.8 Å². The van der Waals surface area contributed by atoms with Crippen molar-refractivity contribution in [3.05, 3.63) is 0 Å². The maximum Gasteiger partial charge on any atom is 0.279 e. The molecule has 0 radical (unpaired) electrons. The first-order valence-corrected chi connectivity index (χ1v) is 8.22. The normalized spacial score (nSPS) is 18.4. The molecule has 6 nitrogen and oxygen atoms in total. The molecule has 0 aliphatic carbocycles. The van der Waals surface area contributed by atoms with Gasteiger partial charge in [0.15, 0.2) is 0 Å². The van der Waals surface area contributed by atoms with Crippen LogP contribution < -0.4 is 10.0 Å². The van der Waals surface area contributed by atoms with Crippen molar-refractivity contribution in [1.82, 2.24) is 19.2 Å². The molecule has 18 heavy (non-hydrogen) atoms. The molecule has 1 aliphatic rings. The van der Waals surface area contributed by atoms with Gasteiger partial charge in [0.2, 0.25) is 0 Å². The molecular formula is C11H26N4O2S. The minimum Gasteiger partial charge on any atom is -0.314 e. The van der Waals surface area contributed by atoms with Crippen molar-refractivity contribution >= 4 is 10.2 Å². The van der Waals surface area contributed by atoms with Crippen LogP contribution in [0, 0.1) is 0 Å². The van der Waals surface area contributed by atoms with Crippen molar-refractivity contribution in [3.63, 3.8) is 0 Å². The molecule has 0 unspecified atom stereocenters. The van der Waals surface area contributed by atoms with Gasteiger partial charge in [0.25, 0.3) is 10.2 Å². The lowest BCUT2D eigenvalue weighted by atomic mass is 10.3. The van der Waals surface area contributed by atoms with Gasteiger partial charge in [-0.2, -0.15) is 12.7 Å². The van der Waals surface area contributed by atoms with Crippen molar-refractivity contribution in [2.24, 2.45) is 0 Å². The molecule has 7 heteroatoms. The summed E-state index contributed by atoms with van der Waals surface area (Å²) in [5, 5.41) is 3.30. The van der Waals surface area contributed by atoms with Crippen LogP contribution in [0.4, 0.5) is 0 Å². The Hall–Kier alpha value is -0.210. The minimum absolute atomic E-state index is 0.517. The van der Waals surface area contributed by atoms with Crippen LogP contribution in [0.15, 0.2) is 0 Å². The summed E-state index contributed by atoms with van der Waals surface area (Å²) in [5.74, 6) is 0. The molecule has 0 aromatic carbocycles. The van der Waals surface area contributed by atoms with E-state index in [4.69, 9.17) is 0 Å². The molecule has 0 aromatic rings. The largest absolute Gasteiger partial charge is 0.314 e. The van der Waals surface area contributed by atoms with Gasteiger partial charge in [0.1, 0.15) is 0 Å². The summed E-state index contributed by atoms with van der Waals surface area (Å²) in [7, 11) is -3.27. The lowest BCUT2D eigenvalue weighted by Crippen LogP contribution is -2.45. The molecule has 1 saturated heterocycles. The molecule has 2 N–H and O–H groups in total. The van der Waals surface area contributed by atoms with Crippen LogP contribution in [0.2, 0.25) is 0 Å². The lowest BCUT2D eigenvalue weighted by molar-refractivity contribution is 0.239. The summed E-state index contributed by atoms with van der Waals surface area (Å²) in [6.45, 7) is 10.4. The second kappa shape index (κ2) is 8.06. The average Bonchev–Trinajstić information content (AvgIpc) is 2.37. The Balaban J connectivity index is 2.20. The molecule has 1 rings (SSSR count).